The molecule has 0 unspecified atom stereocenters. The first-order valence-electron chi connectivity index (χ1n) is 19.8. The van der Waals surface area contributed by atoms with Crippen molar-refractivity contribution in [2.45, 2.75) is 19.3 Å². The molecule has 10 aromatic rings. The molecule has 1 aliphatic carbocycles. The van der Waals surface area contributed by atoms with Crippen molar-refractivity contribution in [1.82, 2.24) is 0 Å². The lowest BCUT2D eigenvalue weighted by Gasteiger charge is -2.28. The molecule has 0 atom stereocenters. The van der Waals surface area contributed by atoms with Crippen LogP contribution in [0.1, 0.15) is 25.0 Å². The summed E-state index contributed by atoms with van der Waals surface area (Å²) in [5.74, 6) is 0. The van der Waals surface area contributed by atoms with Gasteiger partial charge in [-0.2, -0.15) is 0 Å². The van der Waals surface area contributed by atoms with Crippen molar-refractivity contribution >= 4 is 59.3 Å². The first-order valence-corrected chi connectivity index (χ1v) is 20.6. The molecular formula is C55H39NS. The Kier molecular flexibility index (Phi) is 7.77. The zero-order valence-corrected chi connectivity index (χ0v) is 32.7. The Morgan fingerprint density at radius 3 is 1.81 bits per heavy atom. The van der Waals surface area contributed by atoms with E-state index in [9.17, 15) is 0 Å². The van der Waals surface area contributed by atoms with Gasteiger partial charge in [-0.3, -0.25) is 0 Å². The smallest absolute Gasteiger partial charge is 0.0540 e. The Morgan fingerprint density at radius 1 is 0.386 bits per heavy atom. The number of rotatable bonds is 6. The maximum atomic E-state index is 2.42. The van der Waals surface area contributed by atoms with E-state index in [0.717, 1.165) is 17.1 Å². The number of thiophene rings is 1. The predicted octanol–water partition coefficient (Wildman–Crippen LogP) is 16.0. The van der Waals surface area contributed by atoms with E-state index in [0.29, 0.717) is 0 Å². The van der Waals surface area contributed by atoms with Gasteiger partial charge in [0.25, 0.3) is 0 Å². The number of nitrogens with zero attached hydrogens (tertiary/aromatic N) is 1. The Balaban J connectivity index is 1.02. The average molecular weight is 746 g/mol. The number of fused-ring (bicyclic) bond motifs is 7. The van der Waals surface area contributed by atoms with Gasteiger partial charge in [-0.1, -0.05) is 166 Å². The Morgan fingerprint density at radius 2 is 0.982 bits per heavy atom. The van der Waals surface area contributed by atoms with E-state index < -0.39 is 0 Å². The van der Waals surface area contributed by atoms with Gasteiger partial charge in [-0.05, 0) is 109 Å². The molecule has 1 aliphatic rings. The second-order valence-corrected chi connectivity index (χ2v) is 16.8. The fourth-order valence-electron chi connectivity index (χ4n) is 9.15. The van der Waals surface area contributed by atoms with Crippen molar-refractivity contribution in [1.29, 1.82) is 0 Å². The van der Waals surface area contributed by atoms with Gasteiger partial charge >= 0.3 is 0 Å². The van der Waals surface area contributed by atoms with Crippen molar-refractivity contribution in [2.75, 3.05) is 4.90 Å². The normalized spacial score (nSPS) is 12.9. The van der Waals surface area contributed by atoms with Crippen LogP contribution >= 0.6 is 11.3 Å². The molecule has 0 bridgehead atoms. The lowest BCUT2D eigenvalue weighted by Crippen LogP contribution is -2.14. The number of para-hydroxylation sites is 1. The second-order valence-electron chi connectivity index (χ2n) is 15.7. The van der Waals surface area contributed by atoms with Crippen LogP contribution in [0.2, 0.25) is 0 Å². The molecule has 0 fully saturated rings. The molecule has 9 aromatic carbocycles. The van der Waals surface area contributed by atoms with Crippen LogP contribution in [0.15, 0.2) is 200 Å². The second kappa shape index (κ2) is 13.2. The van der Waals surface area contributed by atoms with E-state index in [1.807, 2.05) is 11.3 Å². The molecule has 0 aliphatic heterocycles. The van der Waals surface area contributed by atoms with E-state index in [2.05, 4.69) is 219 Å². The SMILES string of the molecule is CC1(C)c2ccccc2-c2ccc(-c3ccc(N(c4ccc(-c5cccc6c5sc5ccccc56)cc4)c4ccccc4-c4ccc5ccccc5c4)cc3)cc21. The van der Waals surface area contributed by atoms with Crippen molar-refractivity contribution < 1.29 is 0 Å². The quantitative estimate of drug-likeness (QED) is 0.164. The van der Waals surface area contributed by atoms with Crippen LogP contribution < -0.4 is 4.90 Å². The monoisotopic (exact) mass is 745 g/mol. The summed E-state index contributed by atoms with van der Waals surface area (Å²) in [4.78, 5) is 2.42. The van der Waals surface area contributed by atoms with Crippen LogP contribution in [-0.2, 0) is 5.41 Å². The zero-order chi connectivity index (χ0) is 38.1. The summed E-state index contributed by atoms with van der Waals surface area (Å²) >= 11 is 1.88. The zero-order valence-electron chi connectivity index (χ0n) is 31.9. The summed E-state index contributed by atoms with van der Waals surface area (Å²) in [6.45, 7) is 4.70. The van der Waals surface area contributed by atoms with Crippen LogP contribution in [0.5, 0.6) is 0 Å². The maximum absolute atomic E-state index is 2.42. The highest BCUT2D eigenvalue weighted by atomic mass is 32.1. The molecule has 0 N–H and O–H groups in total. The first-order chi connectivity index (χ1) is 28.0. The molecule has 1 heterocycles. The lowest BCUT2D eigenvalue weighted by atomic mass is 9.81. The number of anilines is 3. The molecule has 2 heteroatoms. The fourth-order valence-corrected chi connectivity index (χ4v) is 10.4. The highest BCUT2D eigenvalue weighted by Crippen LogP contribution is 2.50. The van der Waals surface area contributed by atoms with E-state index in [-0.39, 0.29) is 5.41 Å². The van der Waals surface area contributed by atoms with Gasteiger partial charge in [0.1, 0.15) is 0 Å². The summed E-state index contributed by atoms with van der Waals surface area (Å²) < 4.78 is 2.66. The van der Waals surface area contributed by atoms with Crippen molar-refractivity contribution in [2.24, 2.45) is 0 Å². The first kappa shape index (κ1) is 33.6. The van der Waals surface area contributed by atoms with Crippen LogP contribution in [-0.4, -0.2) is 0 Å². The van der Waals surface area contributed by atoms with Crippen molar-refractivity contribution in [3.8, 4) is 44.5 Å². The molecular weight excluding hydrogens is 707 g/mol. The van der Waals surface area contributed by atoms with E-state index >= 15 is 0 Å². The van der Waals surface area contributed by atoms with Gasteiger partial charge in [-0.25, -0.2) is 0 Å². The minimum absolute atomic E-state index is 0.0419. The molecule has 57 heavy (non-hydrogen) atoms. The fraction of sp³-hybridized carbons (Fsp3) is 0.0545. The molecule has 0 saturated heterocycles. The van der Waals surface area contributed by atoms with Gasteiger partial charge in [0.15, 0.2) is 0 Å². The molecule has 0 amide bonds. The van der Waals surface area contributed by atoms with Crippen LogP contribution in [0.25, 0.3) is 75.5 Å². The molecule has 11 rings (SSSR count). The molecule has 1 aromatic heterocycles. The van der Waals surface area contributed by atoms with Crippen LogP contribution in [0.4, 0.5) is 17.1 Å². The maximum Gasteiger partial charge on any atom is 0.0540 e. The van der Waals surface area contributed by atoms with Crippen molar-refractivity contribution in [3.63, 3.8) is 0 Å². The molecule has 0 saturated carbocycles. The third-order valence-corrected chi connectivity index (χ3v) is 13.3. The topological polar surface area (TPSA) is 3.24 Å². The predicted molar refractivity (Wildman–Crippen MR) is 245 cm³/mol. The van der Waals surface area contributed by atoms with Crippen molar-refractivity contribution in [3.05, 3.63) is 211 Å². The third kappa shape index (κ3) is 5.51. The van der Waals surface area contributed by atoms with E-state index in [4.69, 9.17) is 0 Å². The number of benzene rings is 9. The Hall–Kier alpha value is -6.74. The van der Waals surface area contributed by atoms with Gasteiger partial charge in [0, 0.05) is 42.5 Å². The van der Waals surface area contributed by atoms with Gasteiger partial charge in [0.2, 0.25) is 0 Å². The largest absolute Gasteiger partial charge is 0.310 e. The summed E-state index contributed by atoms with van der Waals surface area (Å²) in [7, 11) is 0. The van der Waals surface area contributed by atoms with Gasteiger partial charge < -0.3 is 4.90 Å². The van der Waals surface area contributed by atoms with Gasteiger partial charge in [0.05, 0.1) is 5.69 Å². The summed E-state index contributed by atoms with van der Waals surface area (Å²) in [6.07, 6.45) is 0. The average Bonchev–Trinajstić information content (AvgIpc) is 3.76. The summed E-state index contributed by atoms with van der Waals surface area (Å²) in [6, 6.07) is 73.8. The lowest BCUT2D eigenvalue weighted by molar-refractivity contribution is 0.660. The van der Waals surface area contributed by atoms with Gasteiger partial charge in [-0.15, -0.1) is 11.3 Å². The van der Waals surface area contributed by atoms with E-state index in [1.165, 1.54) is 86.6 Å². The highest BCUT2D eigenvalue weighted by molar-refractivity contribution is 7.26. The third-order valence-electron chi connectivity index (χ3n) is 12.1. The summed E-state index contributed by atoms with van der Waals surface area (Å²) in [5, 5.41) is 5.12. The minimum atomic E-state index is -0.0419. The standard InChI is InChI=1S/C55H39NS/c1-55(2)50-19-8-5-15-46(50)47-33-28-40(35-51(47)55)37-24-29-42(30-25-37)56(52-20-9-6-14-44(52)41-23-22-36-12-3-4-13-39(36)34-41)43-31-26-38(27-32-43)45-17-11-18-49-48-16-7-10-21-53(48)57-54(45)49/h3-35H,1-2H3. The van der Waals surface area contributed by atoms with Crippen LogP contribution in [0, 0.1) is 0 Å². The summed E-state index contributed by atoms with van der Waals surface area (Å²) in [5.41, 5.74) is 16.1. The van der Waals surface area contributed by atoms with E-state index in [1.54, 1.807) is 0 Å². The highest BCUT2D eigenvalue weighted by Gasteiger charge is 2.35. The van der Waals surface area contributed by atoms with Crippen LogP contribution in [0.3, 0.4) is 0 Å². The molecule has 0 spiro atoms. The number of hydrogen-bond acceptors (Lipinski definition) is 2. The molecule has 1 nitrogen and oxygen atoms in total. The minimum Gasteiger partial charge on any atom is -0.310 e. The molecule has 0 radical (unpaired) electrons. The number of hydrogen-bond donors (Lipinski definition) is 0. The Bertz CT molecular complexity index is 3150. The Labute approximate surface area is 337 Å². The molecule has 270 valence electrons.